The molecule has 0 amide bonds. The first-order valence-electron chi connectivity index (χ1n) is 6.15. The van der Waals surface area contributed by atoms with Crippen molar-refractivity contribution in [1.82, 2.24) is 5.32 Å². The predicted molar refractivity (Wildman–Crippen MR) is 81.1 cm³/mol. The molecular weight excluding hydrogens is 256 g/mol. The van der Waals surface area contributed by atoms with Gasteiger partial charge in [0.05, 0.1) is 0 Å². The maximum absolute atomic E-state index is 5.77. The maximum Gasteiger partial charge on any atom is 0.196 e. The van der Waals surface area contributed by atoms with E-state index in [9.17, 15) is 0 Å². The van der Waals surface area contributed by atoms with Gasteiger partial charge in [0.2, 0.25) is 0 Å². The van der Waals surface area contributed by atoms with Crippen molar-refractivity contribution in [3.8, 4) is 11.1 Å². The van der Waals surface area contributed by atoms with Gasteiger partial charge in [-0.15, -0.1) is 0 Å². The van der Waals surface area contributed by atoms with E-state index >= 15 is 0 Å². The van der Waals surface area contributed by atoms with Crippen molar-refractivity contribution in [2.24, 2.45) is 4.99 Å². The van der Waals surface area contributed by atoms with Crippen molar-refractivity contribution in [2.75, 3.05) is 6.54 Å². The van der Waals surface area contributed by atoms with Crippen molar-refractivity contribution in [3.63, 3.8) is 0 Å². The zero-order valence-electron chi connectivity index (χ0n) is 10.3. The molecule has 1 aliphatic rings. The Kier molecular flexibility index (Phi) is 3.34. The lowest BCUT2D eigenvalue weighted by Crippen LogP contribution is -2.23. The number of nitrogens with zero attached hydrogens (tertiary/aromatic N) is 1. The number of hydrogen-bond acceptors (Lipinski definition) is 2. The van der Waals surface area contributed by atoms with E-state index < -0.39 is 0 Å². The standard InChI is InChI=1S/C16H13ClN2/c17-16-18-10-15(11-19-16)14-8-6-13(7-9-14)12-4-2-1-3-5-12/h1-10H,11H2,(H,18,19). The van der Waals surface area contributed by atoms with Crippen LogP contribution in [0.5, 0.6) is 0 Å². The van der Waals surface area contributed by atoms with Gasteiger partial charge in [0.15, 0.2) is 5.29 Å². The Labute approximate surface area is 117 Å². The summed E-state index contributed by atoms with van der Waals surface area (Å²) < 4.78 is 0. The lowest BCUT2D eigenvalue weighted by atomic mass is 10.0. The lowest BCUT2D eigenvalue weighted by molar-refractivity contribution is 1.05. The first-order valence-corrected chi connectivity index (χ1v) is 6.53. The van der Waals surface area contributed by atoms with Gasteiger partial charge in [0, 0.05) is 12.7 Å². The third-order valence-electron chi connectivity index (χ3n) is 3.12. The highest BCUT2D eigenvalue weighted by Crippen LogP contribution is 2.23. The summed E-state index contributed by atoms with van der Waals surface area (Å²) in [6.45, 7) is 0.715. The molecule has 94 valence electrons. The van der Waals surface area contributed by atoms with Gasteiger partial charge in [0.25, 0.3) is 0 Å². The molecule has 0 aromatic heterocycles. The van der Waals surface area contributed by atoms with Gasteiger partial charge in [-0.25, -0.2) is 4.99 Å². The minimum absolute atomic E-state index is 0.449. The molecule has 0 bridgehead atoms. The maximum atomic E-state index is 5.77. The minimum atomic E-state index is 0.449. The van der Waals surface area contributed by atoms with Gasteiger partial charge in [-0.1, -0.05) is 54.6 Å². The molecule has 2 nitrogen and oxygen atoms in total. The summed E-state index contributed by atoms with van der Waals surface area (Å²) in [6, 6.07) is 18.8. The van der Waals surface area contributed by atoms with Crippen molar-refractivity contribution in [1.29, 1.82) is 0 Å². The van der Waals surface area contributed by atoms with Gasteiger partial charge >= 0.3 is 0 Å². The van der Waals surface area contributed by atoms with Crippen LogP contribution in [0.2, 0.25) is 0 Å². The molecule has 0 fully saturated rings. The molecule has 1 heterocycles. The van der Waals surface area contributed by atoms with Crippen LogP contribution in [-0.4, -0.2) is 11.8 Å². The van der Waals surface area contributed by atoms with Gasteiger partial charge in [-0.3, -0.25) is 0 Å². The Balaban J connectivity index is 1.88. The number of rotatable bonds is 2. The van der Waals surface area contributed by atoms with Crippen molar-refractivity contribution in [2.45, 2.75) is 0 Å². The molecular formula is C16H13ClN2. The van der Waals surface area contributed by atoms with Crippen molar-refractivity contribution >= 4 is 22.5 Å². The van der Waals surface area contributed by atoms with Crippen LogP contribution in [0.3, 0.4) is 0 Å². The second kappa shape index (κ2) is 5.29. The number of nitrogens with one attached hydrogen (secondary N) is 1. The van der Waals surface area contributed by atoms with Gasteiger partial charge in [0.1, 0.15) is 0 Å². The smallest absolute Gasteiger partial charge is 0.196 e. The summed E-state index contributed by atoms with van der Waals surface area (Å²) in [4.78, 5) is 4.08. The zero-order chi connectivity index (χ0) is 13.1. The summed E-state index contributed by atoms with van der Waals surface area (Å²) in [5.74, 6) is 0. The van der Waals surface area contributed by atoms with Gasteiger partial charge in [-0.2, -0.15) is 0 Å². The first-order chi connectivity index (χ1) is 9.33. The number of hydrogen-bond donors (Lipinski definition) is 1. The van der Waals surface area contributed by atoms with E-state index in [0.29, 0.717) is 11.8 Å². The summed E-state index contributed by atoms with van der Waals surface area (Å²) in [7, 11) is 0. The normalized spacial score (nSPS) is 14.4. The monoisotopic (exact) mass is 268 g/mol. The number of amidine groups is 1. The molecule has 2 aromatic rings. The van der Waals surface area contributed by atoms with E-state index in [1.165, 1.54) is 16.7 Å². The molecule has 19 heavy (non-hydrogen) atoms. The topological polar surface area (TPSA) is 24.4 Å². The summed E-state index contributed by atoms with van der Waals surface area (Å²) in [6.07, 6.45) is 1.82. The molecule has 3 rings (SSSR count). The average molecular weight is 269 g/mol. The highest BCUT2D eigenvalue weighted by Gasteiger charge is 2.07. The third kappa shape index (κ3) is 2.69. The molecule has 0 aliphatic carbocycles. The first kappa shape index (κ1) is 12.0. The molecule has 1 aliphatic heterocycles. The van der Waals surface area contributed by atoms with Crippen LogP contribution in [0.4, 0.5) is 0 Å². The second-order valence-electron chi connectivity index (χ2n) is 4.37. The van der Waals surface area contributed by atoms with E-state index in [2.05, 4.69) is 46.7 Å². The predicted octanol–water partition coefficient (Wildman–Crippen LogP) is 3.89. The number of aliphatic imine (C=N–C) groups is 1. The van der Waals surface area contributed by atoms with Crippen LogP contribution in [0.1, 0.15) is 5.56 Å². The fraction of sp³-hybridized carbons (Fsp3) is 0.0625. The van der Waals surface area contributed by atoms with E-state index in [-0.39, 0.29) is 0 Å². The molecule has 1 N–H and O–H groups in total. The molecule has 0 saturated heterocycles. The van der Waals surface area contributed by atoms with Crippen LogP contribution >= 0.6 is 11.6 Å². The Morgan fingerprint density at radius 3 is 2.11 bits per heavy atom. The lowest BCUT2D eigenvalue weighted by Gasteiger charge is -2.13. The average Bonchev–Trinajstić information content (AvgIpc) is 2.49. The van der Waals surface area contributed by atoms with E-state index in [0.717, 1.165) is 5.57 Å². The van der Waals surface area contributed by atoms with Gasteiger partial charge < -0.3 is 5.32 Å². The minimum Gasteiger partial charge on any atom is -0.356 e. The van der Waals surface area contributed by atoms with E-state index in [1.54, 1.807) is 0 Å². The van der Waals surface area contributed by atoms with Crippen LogP contribution in [0.25, 0.3) is 16.7 Å². The Morgan fingerprint density at radius 2 is 1.47 bits per heavy atom. The zero-order valence-corrected chi connectivity index (χ0v) is 11.1. The summed E-state index contributed by atoms with van der Waals surface area (Å²) in [5, 5.41) is 3.47. The molecule has 0 atom stereocenters. The molecule has 2 aromatic carbocycles. The van der Waals surface area contributed by atoms with E-state index in [4.69, 9.17) is 11.6 Å². The van der Waals surface area contributed by atoms with Crippen LogP contribution in [0.15, 0.2) is 65.8 Å². The third-order valence-corrected chi connectivity index (χ3v) is 3.35. The van der Waals surface area contributed by atoms with Crippen LogP contribution in [0, 0.1) is 0 Å². The fourth-order valence-electron chi connectivity index (χ4n) is 2.08. The Morgan fingerprint density at radius 1 is 0.842 bits per heavy atom. The van der Waals surface area contributed by atoms with Gasteiger partial charge in [-0.05, 0) is 33.9 Å². The summed E-state index contributed by atoms with van der Waals surface area (Å²) in [5.41, 5.74) is 4.75. The molecule has 0 radical (unpaired) electrons. The SMILES string of the molecule is ClC1=NC=C(c2ccc(-c3ccccc3)cc2)CN1. The largest absolute Gasteiger partial charge is 0.356 e. The van der Waals surface area contributed by atoms with Crippen LogP contribution in [-0.2, 0) is 0 Å². The molecule has 0 unspecified atom stereocenters. The number of benzene rings is 2. The quantitative estimate of drug-likeness (QED) is 0.821. The summed E-state index contributed by atoms with van der Waals surface area (Å²) >= 11 is 5.77. The highest BCUT2D eigenvalue weighted by atomic mass is 35.5. The number of halogens is 1. The Bertz CT molecular complexity index is 628. The van der Waals surface area contributed by atoms with Crippen molar-refractivity contribution in [3.05, 3.63) is 66.4 Å². The van der Waals surface area contributed by atoms with Crippen LogP contribution < -0.4 is 5.32 Å². The van der Waals surface area contributed by atoms with Crippen molar-refractivity contribution < 1.29 is 0 Å². The molecule has 0 spiro atoms. The second-order valence-corrected chi connectivity index (χ2v) is 4.73. The molecule has 3 heteroatoms. The molecule has 0 saturated carbocycles. The Hall–Kier alpha value is -2.06. The van der Waals surface area contributed by atoms with E-state index in [1.807, 2.05) is 24.4 Å². The highest BCUT2D eigenvalue weighted by molar-refractivity contribution is 6.64. The fourth-order valence-corrected chi connectivity index (χ4v) is 2.19.